The predicted octanol–water partition coefficient (Wildman–Crippen LogP) is 2.21. The number of nitrogen functional groups attached to an aromatic ring is 1. The number of pyridine rings is 2. The first-order chi connectivity index (χ1) is 7.86. The summed E-state index contributed by atoms with van der Waals surface area (Å²) in [5.74, 6) is 0. The van der Waals surface area contributed by atoms with Crippen LogP contribution in [0.4, 0.5) is 5.69 Å². The van der Waals surface area contributed by atoms with Crippen LogP contribution in [0.5, 0.6) is 0 Å². The third-order valence-corrected chi connectivity index (χ3v) is 2.58. The molecule has 3 rings (SSSR count). The minimum absolute atomic E-state index is 0.731. The van der Waals surface area contributed by atoms with Crippen molar-refractivity contribution in [3.63, 3.8) is 0 Å². The average molecular weight is 210 g/mol. The molecule has 0 fully saturated rings. The highest BCUT2D eigenvalue weighted by Gasteiger charge is 2.09. The number of rotatable bonds is 1. The Balaban J connectivity index is 2.29. The first-order valence-corrected chi connectivity index (χ1v) is 4.99. The smallest absolute Gasteiger partial charge is 0.139 e. The monoisotopic (exact) mass is 210 g/mol. The number of hydrogen-bond donors (Lipinski definition) is 2. The van der Waals surface area contributed by atoms with E-state index in [1.807, 2.05) is 24.3 Å². The highest BCUT2D eigenvalue weighted by molar-refractivity contribution is 5.97. The fourth-order valence-corrected chi connectivity index (χ4v) is 1.79. The highest BCUT2D eigenvalue weighted by atomic mass is 14.9. The van der Waals surface area contributed by atoms with Crippen LogP contribution in [0.3, 0.4) is 0 Å². The van der Waals surface area contributed by atoms with E-state index in [-0.39, 0.29) is 0 Å². The minimum atomic E-state index is 0.731. The molecule has 0 amide bonds. The van der Waals surface area contributed by atoms with E-state index in [1.165, 1.54) is 0 Å². The Morgan fingerprint density at radius 2 is 1.88 bits per heavy atom. The van der Waals surface area contributed by atoms with E-state index >= 15 is 0 Å². The second kappa shape index (κ2) is 3.34. The van der Waals surface area contributed by atoms with Gasteiger partial charge < -0.3 is 10.7 Å². The summed E-state index contributed by atoms with van der Waals surface area (Å²) in [4.78, 5) is 11.4. The summed E-state index contributed by atoms with van der Waals surface area (Å²) in [5, 5.41) is 0.953. The van der Waals surface area contributed by atoms with Gasteiger partial charge in [-0.3, -0.25) is 4.98 Å². The van der Waals surface area contributed by atoms with E-state index in [9.17, 15) is 0 Å². The molecule has 4 heteroatoms. The molecule has 16 heavy (non-hydrogen) atoms. The topological polar surface area (TPSA) is 67.6 Å². The number of nitrogens with two attached hydrogens (primary N) is 1. The normalized spacial score (nSPS) is 10.8. The Bertz CT molecular complexity index is 628. The van der Waals surface area contributed by atoms with Crippen molar-refractivity contribution in [1.29, 1.82) is 0 Å². The van der Waals surface area contributed by atoms with Crippen molar-refractivity contribution in [3.05, 3.63) is 42.9 Å². The zero-order chi connectivity index (χ0) is 11.0. The van der Waals surface area contributed by atoms with Crippen molar-refractivity contribution in [2.45, 2.75) is 0 Å². The lowest BCUT2D eigenvalue weighted by molar-refractivity contribution is 1.30. The summed E-state index contributed by atoms with van der Waals surface area (Å²) >= 11 is 0. The number of H-pyrrole nitrogens is 1. The zero-order valence-electron chi connectivity index (χ0n) is 8.51. The quantitative estimate of drug-likeness (QED) is 0.647. The molecular formula is C12H10N4. The number of aromatic amines is 1. The van der Waals surface area contributed by atoms with Crippen molar-refractivity contribution in [1.82, 2.24) is 15.0 Å². The van der Waals surface area contributed by atoms with Crippen LogP contribution in [-0.2, 0) is 0 Å². The highest BCUT2D eigenvalue weighted by Crippen LogP contribution is 2.30. The average Bonchev–Trinajstić information content (AvgIpc) is 2.69. The number of anilines is 1. The molecule has 3 N–H and O–H groups in total. The van der Waals surface area contributed by atoms with Gasteiger partial charge in [0.25, 0.3) is 0 Å². The third kappa shape index (κ3) is 1.24. The van der Waals surface area contributed by atoms with Gasteiger partial charge >= 0.3 is 0 Å². The Morgan fingerprint density at radius 3 is 2.62 bits per heavy atom. The Kier molecular flexibility index (Phi) is 1.86. The lowest BCUT2D eigenvalue weighted by Crippen LogP contribution is -1.86. The number of nitrogens with one attached hydrogen (secondary N) is 1. The first kappa shape index (κ1) is 8.91. The van der Waals surface area contributed by atoms with E-state index in [2.05, 4.69) is 15.0 Å². The van der Waals surface area contributed by atoms with Gasteiger partial charge in [-0.25, -0.2) is 4.98 Å². The maximum absolute atomic E-state index is 6.08. The van der Waals surface area contributed by atoms with E-state index in [1.54, 1.807) is 18.6 Å². The van der Waals surface area contributed by atoms with Gasteiger partial charge in [0.1, 0.15) is 5.65 Å². The van der Waals surface area contributed by atoms with Crippen molar-refractivity contribution in [3.8, 4) is 11.3 Å². The second-order valence-corrected chi connectivity index (χ2v) is 3.55. The van der Waals surface area contributed by atoms with E-state index in [0.29, 0.717) is 0 Å². The van der Waals surface area contributed by atoms with Crippen LogP contribution in [0.2, 0.25) is 0 Å². The summed E-state index contributed by atoms with van der Waals surface area (Å²) in [5.41, 5.74) is 9.54. The maximum atomic E-state index is 6.08. The predicted molar refractivity (Wildman–Crippen MR) is 63.7 cm³/mol. The molecule has 0 spiro atoms. The van der Waals surface area contributed by atoms with Crippen molar-refractivity contribution >= 4 is 16.7 Å². The molecule has 0 bridgehead atoms. The van der Waals surface area contributed by atoms with E-state index in [0.717, 1.165) is 28.0 Å². The summed E-state index contributed by atoms with van der Waals surface area (Å²) in [6, 6.07) is 7.67. The SMILES string of the molecule is Nc1c(-c2ccncc2)[nH]c2ncccc12. The first-order valence-electron chi connectivity index (χ1n) is 4.99. The molecule has 0 aromatic carbocycles. The molecule has 0 saturated heterocycles. The molecule has 3 aromatic heterocycles. The van der Waals surface area contributed by atoms with Crippen molar-refractivity contribution in [2.24, 2.45) is 0 Å². The lowest BCUT2D eigenvalue weighted by Gasteiger charge is -1.98. The minimum Gasteiger partial charge on any atom is -0.396 e. The Hall–Kier alpha value is -2.36. The van der Waals surface area contributed by atoms with Crippen LogP contribution >= 0.6 is 0 Å². The number of hydrogen-bond acceptors (Lipinski definition) is 3. The molecule has 3 aromatic rings. The molecule has 0 aliphatic heterocycles. The summed E-state index contributed by atoms with van der Waals surface area (Å²) in [7, 11) is 0. The van der Waals surface area contributed by atoms with Crippen LogP contribution in [0.15, 0.2) is 42.9 Å². The molecule has 0 aliphatic carbocycles. The van der Waals surface area contributed by atoms with Crippen molar-refractivity contribution < 1.29 is 0 Å². The number of aromatic nitrogens is 3. The van der Waals surface area contributed by atoms with Gasteiger partial charge in [-0.2, -0.15) is 0 Å². The van der Waals surface area contributed by atoms with Crippen LogP contribution in [-0.4, -0.2) is 15.0 Å². The fraction of sp³-hybridized carbons (Fsp3) is 0. The van der Waals surface area contributed by atoms with Gasteiger partial charge in [0.05, 0.1) is 11.4 Å². The van der Waals surface area contributed by atoms with Gasteiger partial charge in [0.15, 0.2) is 0 Å². The summed E-state index contributed by atoms with van der Waals surface area (Å²) in [6.45, 7) is 0. The van der Waals surface area contributed by atoms with Gasteiger partial charge in [-0.05, 0) is 24.3 Å². The summed E-state index contributed by atoms with van der Waals surface area (Å²) < 4.78 is 0. The third-order valence-electron chi connectivity index (χ3n) is 2.58. The zero-order valence-corrected chi connectivity index (χ0v) is 8.51. The van der Waals surface area contributed by atoms with Crippen LogP contribution in [0.25, 0.3) is 22.3 Å². The second-order valence-electron chi connectivity index (χ2n) is 3.55. The molecule has 78 valence electrons. The van der Waals surface area contributed by atoms with Gasteiger partial charge in [0.2, 0.25) is 0 Å². The van der Waals surface area contributed by atoms with Gasteiger partial charge in [-0.1, -0.05) is 0 Å². The van der Waals surface area contributed by atoms with Gasteiger partial charge in [0, 0.05) is 29.5 Å². The molecule has 4 nitrogen and oxygen atoms in total. The number of nitrogens with zero attached hydrogens (tertiary/aromatic N) is 2. The molecule has 0 aliphatic rings. The summed E-state index contributed by atoms with van der Waals surface area (Å²) in [6.07, 6.45) is 5.23. The largest absolute Gasteiger partial charge is 0.396 e. The van der Waals surface area contributed by atoms with Crippen LogP contribution in [0.1, 0.15) is 0 Å². The fourth-order valence-electron chi connectivity index (χ4n) is 1.79. The van der Waals surface area contributed by atoms with E-state index in [4.69, 9.17) is 5.73 Å². The molecule has 0 unspecified atom stereocenters. The van der Waals surface area contributed by atoms with Crippen LogP contribution < -0.4 is 5.73 Å². The molecular weight excluding hydrogens is 200 g/mol. The number of fused-ring (bicyclic) bond motifs is 1. The lowest BCUT2D eigenvalue weighted by atomic mass is 10.1. The Labute approximate surface area is 92.2 Å². The van der Waals surface area contributed by atoms with Crippen molar-refractivity contribution in [2.75, 3.05) is 5.73 Å². The molecule has 0 atom stereocenters. The molecule has 0 saturated carbocycles. The van der Waals surface area contributed by atoms with Gasteiger partial charge in [-0.15, -0.1) is 0 Å². The standard InChI is InChI=1S/C12H10N4/c13-10-9-2-1-5-15-12(9)16-11(10)8-3-6-14-7-4-8/h1-7H,13H2,(H,15,16). The molecule has 0 radical (unpaired) electrons. The van der Waals surface area contributed by atoms with Crippen LogP contribution in [0, 0.1) is 0 Å². The molecule has 3 heterocycles. The Morgan fingerprint density at radius 1 is 1.06 bits per heavy atom. The van der Waals surface area contributed by atoms with E-state index < -0.39 is 0 Å². The maximum Gasteiger partial charge on any atom is 0.139 e.